The SMILES string of the molecule is CCCNc1nc(CCC(F)(F)F)no1. The van der Waals surface area contributed by atoms with E-state index >= 15 is 0 Å². The Hall–Kier alpha value is -1.27. The second kappa shape index (κ2) is 4.99. The maximum Gasteiger partial charge on any atom is 0.389 e. The van der Waals surface area contributed by atoms with Crippen molar-refractivity contribution in [2.45, 2.75) is 32.4 Å². The molecule has 0 aliphatic rings. The second-order valence-corrected chi connectivity index (χ2v) is 3.06. The van der Waals surface area contributed by atoms with Gasteiger partial charge < -0.3 is 9.84 Å². The standard InChI is InChI=1S/C8H12F3N3O/c1-2-5-12-7-13-6(14-15-7)3-4-8(9,10)11/h2-5H2,1H3,(H,12,13,14). The van der Waals surface area contributed by atoms with Gasteiger partial charge in [-0.3, -0.25) is 0 Å². The molecule has 0 radical (unpaired) electrons. The number of halogens is 3. The molecule has 7 heteroatoms. The Bertz CT molecular complexity index is 298. The molecule has 0 fully saturated rings. The first kappa shape index (κ1) is 11.8. The van der Waals surface area contributed by atoms with Gasteiger partial charge in [-0.15, -0.1) is 0 Å². The van der Waals surface area contributed by atoms with E-state index in [0.29, 0.717) is 6.54 Å². The molecule has 86 valence electrons. The number of aromatic nitrogens is 2. The second-order valence-electron chi connectivity index (χ2n) is 3.06. The van der Waals surface area contributed by atoms with Gasteiger partial charge in [0.05, 0.1) is 6.42 Å². The number of aryl methyl sites for hydroxylation is 1. The fourth-order valence-corrected chi connectivity index (χ4v) is 0.913. The highest BCUT2D eigenvalue weighted by molar-refractivity contribution is 5.17. The van der Waals surface area contributed by atoms with E-state index in [-0.39, 0.29) is 18.3 Å². The molecular formula is C8H12F3N3O. The Balaban J connectivity index is 2.39. The van der Waals surface area contributed by atoms with E-state index in [1.54, 1.807) is 0 Å². The van der Waals surface area contributed by atoms with Gasteiger partial charge >= 0.3 is 12.2 Å². The molecule has 0 amide bonds. The normalized spacial score (nSPS) is 11.7. The van der Waals surface area contributed by atoms with Gasteiger partial charge in [0.1, 0.15) is 0 Å². The Morgan fingerprint density at radius 3 is 2.73 bits per heavy atom. The maximum atomic E-state index is 11.8. The molecule has 0 bridgehead atoms. The smallest absolute Gasteiger partial charge is 0.338 e. The number of nitrogens with one attached hydrogen (secondary N) is 1. The highest BCUT2D eigenvalue weighted by Crippen LogP contribution is 2.21. The third kappa shape index (κ3) is 4.66. The Morgan fingerprint density at radius 2 is 2.13 bits per heavy atom. The summed E-state index contributed by atoms with van der Waals surface area (Å²) in [6, 6.07) is 0.175. The first-order valence-corrected chi connectivity index (χ1v) is 4.64. The number of nitrogens with zero attached hydrogens (tertiary/aromatic N) is 2. The summed E-state index contributed by atoms with van der Waals surface area (Å²) in [7, 11) is 0. The van der Waals surface area contributed by atoms with Crippen molar-refractivity contribution in [2.75, 3.05) is 11.9 Å². The zero-order valence-electron chi connectivity index (χ0n) is 8.26. The number of alkyl halides is 3. The van der Waals surface area contributed by atoms with Crippen molar-refractivity contribution in [2.24, 2.45) is 0 Å². The van der Waals surface area contributed by atoms with Gasteiger partial charge in [0, 0.05) is 13.0 Å². The summed E-state index contributed by atoms with van der Waals surface area (Å²) < 4.78 is 40.2. The van der Waals surface area contributed by atoms with Crippen LogP contribution in [-0.2, 0) is 6.42 Å². The largest absolute Gasteiger partial charge is 0.389 e. The predicted molar refractivity (Wildman–Crippen MR) is 47.5 cm³/mol. The van der Waals surface area contributed by atoms with Crippen molar-refractivity contribution in [3.8, 4) is 0 Å². The van der Waals surface area contributed by atoms with Crippen LogP contribution >= 0.6 is 0 Å². The van der Waals surface area contributed by atoms with E-state index in [0.717, 1.165) is 6.42 Å². The first-order chi connectivity index (χ1) is 7.01. The molecule has 0 aliphatic heterocycles. The van der Waals surface area contributed by atoms with E-state index in [9.17, 15) is 13.2 Å². The van der Waals surface area contributed by atoms with Crippen LogP contribution in [0.5, 0.6) is 0 Å². The van der Waals surface area contributed by atoms with Gasteiger partial charge in [-0.05, 0) is 6.42 Å². The molecule has 0 saturated heterocycles. The van der Waals surface area contributed by atoms with Crippen molar-refractivity contribution >= 4 is 6.01 Å². The van der Waals surface area contributed by atoms with Crippen molar-refractivity contribution in [3.63, 3.8) is 0 Å². The van der Waals surface area contributed by atoms with Gasteiger partial charge in [-0.2, -0.15) is 18.2 Å². The Kier molecular flexibility index (Phi) is 3.93. The molecule has 1 heterocycles. The van der Waals surface area contributed by atoms with Gasteiger partial charge in [0.2, 0.25) is 0 Å². The number of hydrogen-bond donors (Lipinski definition) is 1. The highest BCUT2D eigenvalue weighted by atomic mass is 19.4. The van der Waals surface area contributed by atoms with Crippen LogP contribution in [0.3, 0.4) is 0 Å². The Morgan fingerprint density at radius 1 is 1.40 bits per heavy atom. The van der Waals surface area contributed by atoms with Crippen LogP contribution in [0.1, 0.15) is 25.6 Å². The average Bonchev–Trinajstić information content (AvgIpc) is 2.58. The third-order valence-corrected chi connectivity index (χ3v) is 1.63. The van der Waals surface area contributed by atoms with Crippen LogP contribution in [0.15, 0.2) is 4.52 Å². The molecule has 0 unspecified atom stereocenters. The van der Waals surface area contributed by atoms with E-state index in [4.69, 9.17) is 4.52 Å². The highest BCUT2D eigenvalue weighted by Gasteiger charge is 2.27. The third-order valence-electron chi connectivity index (χ3n) is 1.63. The van der Waals surface area contributed by atoms with Crippen molar-refractivity contribution in [1.82, 2.24) is 10.1 Å². The van der Waals surface area contributed by atoms with E-state index in [1.807, 2.05) is 6.92 Å². The number of anilines is 1. The Labute approximate surface area is 84.9 Å². The van der Waals surface area contributed by atoms with Gasteiger partial charge in [0.25, 0.3) is 0 Å². The van der Waals surface area contributed by atoms with Crippen molar-refractivity contribution in [1.29, 1.82) is 0 Å². The summed E-state index contributed by atoms with van der Waals surface area (Å²) in [5.41, 5.74) is 0. The molecule has 1 aromatic rings. The zero-order valence-corrected chi connectivity index (χ0v) is 8.26. The lowest BCUT2D eigenvalue weighted by atomic mass is 10.3. The van der Waals surface area contributed by atoms with Crippen molar-refractivity contribution < 1.29 is 17.7 Å². The van der Waals surface area contributed by atoms with Crippen LogP contribution in [-0.4, -0.2) is 22.9 Å². The minimum atomic E-state index is -4.18. The van der Waals surface area contributed by atoms with Crippen LogP contribution in [0.25, 0.3) is 0 Å². The lowest BCUT2D eigenvalue weighted by molar-refractivity contribution is -0.134. The van der Waals surface area contributed by atoms with Crippen LogP contribution in [0.2, 0.25) is 0 Å². The molecule has 0 aliphatic carbocycles. The summed E-state index contributed by atoms with van der Waals surface area (Å²) in [6.07, 6.45) is -4.49. The predicted octanol–water partition coefficient (Wildman–Crippen LogP) is 2.39. The van der Waals surface area contributed by atoms with E-state index in [2.05, 4.69) is 15.5 Å². The van der Waals surface area contributed by atoms with Crippen LogP contribution in [0.4, 0.5) is 19.2 Å². The average molecular weight is 223 g/mol. The maximum absolute atomic E-state index is 11.8. The summed E-state index contributed by atoms with van der Waals surface area (Å²) in [6.45, 7) is 2.61. The number of hydrogen-bond acceptors (Lipinski definition) is 4. The minimum absolute atomic E-state index is 0.0749. The summed E-state index contributed by atoms with van der Waals surface area (Å²) >= 11 is 0. The molecular weight excluding hydrogens is 211 g/mol. The molecule has 4 nitrogen and oxygen atoms in total. The minimum Gasteiger partial charge on any atom is -0.338 e. The molecule has 15 heavy (non-hydrogen) atoms. The molecule has 0 spiro atoms. The molecule has 0 saturated carbocycles. The van der Waals surface area contributed by atoms with Gasteiger partial charge in [0.15, 0.2) is 5.82 Å². The van der Waals surface area contributed by atoms with Gasteiger partial charge in [-0.1, -0.05) is 12.1 Å². The van der Waals surface area contributed by atoms with Crippen LogP contribution < -0.4 is 5.32 Å². The summed E-state index contributed by atoms with van der Waals surface area (Å²) in [4.78, 5) is 3.76. The quantitative estimate of drug-likeness (QED) is 0.832. The van der Waals surface area contributed by atoms with E-state index < -0.39 is 12.6 Å². The fraction of sp³-hybridized carbons (Fsp3) is 0.750. The molecule has 1 rings (SSSR count). The number of rotatable bonds is 5. The molecule has 1 aromatic heterocycles. The molecule has 1 N–H and O–H groups in total. The lowest BCUT2D eigenvalue weighted by Crippen LogP contribution is -2.09. The molecule has 0 aromatic carbocycles. The zero-order chi connectivity index (χ0) is 11.3. The summed E-state index contributed by atoms with van der Waals surface area (Å²) in [5.74, 6) is 0.0749. The van der Waals surface area contributed by atoms with Crippen LogP contribution in [0, 0.1) is 0 Å². The van der Waals surface area contributed by atoms with Gasteiger partial charge in [-0.25, -0.2) is 0 Å². The topological polar surface area (TPSA) is 51.0 Å². The lowest BCUT2D eigenvalue weighted by Gasteiger charge is -2.01. The first-order valence-electron chi connectivity index (χ1n) is 4.64. The monoisotopic (exact) mass is 223 g/mol. The fourth-order valence-electron chi connectivity index (χ4n) is 0.913. The van der Waals surface area contributed by atoms with E-state index in [1.165, 1.54) is 0 Å². The summed E-state index contributed by atoms with van der Waals surface area (Å²) in [5, 5.41) is 6.21. The molecule has 0 atom stereocenters. The van der Waals surface area contributed by atoms with Crippen molar-refractivity contribution in [3.05, 3.63) is 5.82 Å².